The topological polar surface area (TPSA) is 62.2 Å². The van der Waals surface area contributed by atoms with Gasteiger partial charge in [0.25, 0.3) is 0 Å². The highest BCUT2D eigenvalue weighted by molar-refractivity contribution is 6.26. The Kier molecular flexibility index (Phi) is 15.3. The van der Waals surface area contributed by atoms with Crippen LogP contribution in [0.2, 0.25) is 0 Å². The molecule has 0 aliphatic rings. The molecule has 26 aromatic rings. The lowest BCUT2D eigenvalue weighted by Gasteiger charge is -2.14. The van der Waals surface area contributed by atoms with Gasteiger partial charge in [-0.25, -0.2) is 0 Å². The molecule has 20 aromatic carbocycles. The number of fused-ring (bicyclic) bond motifs is 25. The van der Waals surface area contributed by atoms with Gasteiger partial charge in [0.1, 0.15) is 0 Å². The average Bonchev–Trinajstić information content (AvgIpc) is 1.56. The van der Waals surface area contributed by atoms with Crippen molar-refractivity contribution in [3.63, 3.8) is 0 Å². The van der Waals surface area contributed by atoms with E-state index in [2.05, 4.69) is 447 Å². The minimum atomic E-state index is 1.17. The standard InChI is InChI=1S/C40H26N2.C38H24N2.C34H22N2/c1-2-10-26(11-3-1)27-18-21-29(22-19-27)42-39-17-9-7-14-32(39)36-25-34(30-12-4-5-15-33(30)40(36)42)28-20-23-38-35(24-28)31-13-6-8-16-37(31)41-38;1-2-12-26-24(10-1)11-9-19-36(26)40-37-18-8-6-15-29(37)33-23-31(27-13-3-4-16-30(27)38(33)40)25-20-21-35-32(22-25)28-14-5-7-17-34(28)39-35;1-2-10-23(11-3-1)36-33-17-9-7-14-26(33)30-21-28(24-12-4-5-15-27(24)34(30)36)22-18-19-32-29(20-22)25-13-6-8-16-31(25)35-32/h1-25,41H;1-23,39H;1-21,35H. The minimum absolute atomic E-state index is 1.17. The number of H-pyrrole nitrogens is 3. The number of benzene rings is 20. The van der Waals surface area contributed by atoms with Crippen molar-refractivity contribution in [3.8, 4) is 61.6 Å². The second-order valence-corrected chi connectivity index (χ2v) is 31.2. The molecular weight excluding hydrogens is 1430 g/mol. The normalized spacial score (nSPS) is 11.9. The monoisotopic (exact) mass is 1500 g/mol. The Morgan fingerprint density at radius 1 is 0.153 bits per heavy atom. The molecule has 0 aliphatic carbocycles. The van der Waals surface area contributed by atoms with Gasteiger partial charge < -0.3 is 28.7 Å². The number of aromatic nitrogens is 6. The molecule has 550 valence electrons. The molecule has 0 spiro atoms. The zero-order valence-electron chi connectivity index (χ0n) is 64.2. The number of rotatable bonds is 7. The third kappa shape index (κ3) is 10.6. The summed E-state index contributed by atoms with van der Waals surface area (Å²) in [5.41, 5.74) is 28.0. The van der Waals surface area contributed by atoms with Crippen LogP contribution in [0.3, 0.4) is 0 Å². The third-order valence-corrected chi connectivity index (χ3v) is 24.7. The first-order chi connectivity index (χ1) is 58.5. The van der Waals surface area contributed by atoms with E-state index >= 15 is 0 Å². The highest BCUT2D eigenvalue weighted by Gasteiger charge is 2.24. The van der Waals surface area contributed by atoms with E-state index < -0.39 is 0 Å². The third-order valence-electron chi connectivity index (χ3n) is 24.7. The molecule has 0 amide bonds. The second-order valence-electron chi connectivity index (χ2n) is 31.2. The molecule has 0 radical (unpaired) electrons. The molecule has 0 aliphatic heterocycles. The fourth-order valence-corrected chi connectivity index (χ4v) is 19.4. The highest BCUT2D eigenvalue weighted by Crippen LogP contribution is 2.48. The van der Waals surface area contributed by atoms with Crippen LogP contribution in [0.5, 0.6) is 0 Å². The van der Waals surface area contributed by atoms with E-state index in [-0.39, 0.29) is 0 Å². The Hall–Kier alpha value is -15.8. The molecule has 0 atom stereocenters. The smallest absolute Gasteiger partial charge is 0.0620 e. The van der Waals surface area contributed by atoms with Gasteiger partial charge in [0, 0.05) is 131 Å². The van der Waals surface area contributed by atoms with Gasteiger partial charge in [0.05, 0.1) is 38.8 Å². The second kappa shape index (κ2) is 27.0. The van der Waals surface area contributed by atoms with E-state index in [1.807, 2.05) is 0 Å². The zero-order valence-corrected chi connectivity index (χ0v) is 64.2. The lowest BCUT2D eigenvalue weighted by Crippen LogP contribution is -1.96. The Morgan fingerprint density at radius 3 is 0.864 bits per heavy atom. The van der Waals surface area contributed by atoms with Crippen molar-refractivity contribution >= 4 is 174 Å². The van der Waals surface area contributed by atoms with Crippen molar-refractivity contribution in [2.45, 2.75) is 0 Å². The maximum absolute atomic E-state index is 3.58. The quantitative estimate of drug-likeness (QED) is 0.142. The zero-order chi connectivity index (χ0) is 77.5. The summed E-state index contributed by atoms with van der Waals surface area (Å²) in [6.07, 6.45) is 0. The van der Waals surface area contributed by atoms with Crippen molar-refractivity contribution in [1.29, 1.82) is 0 Å². The predicted molar refractivity (Wildman–Crippen MR) is 502 cm³/mol. The Labute approximate surface area is 678 Å². The van der Waals surface area contributed by atoms with E-state index in [1.165, 1.54) is 235 Å². The minimum Gasteiger partial charge on any atom is -0.355 e. The molecule has 0 unspecified atom stereocenters. The van der Waals surface area contributed by atoms with E-state index in [1.54, 1.807) is 0 Å². The Morgan fingerprint density at radius 2 is 0.441 bits per heavy atom. The summed E-state index contributed by atoms with van der Waals surface area (Å²) in [5, 5.41) is 25.3. The van der Waals surface area contributed by atoms with Crippen LogP contribution in [0.25, 0.3) is 235 Å². The maximum Gasteiger partial charge on any atom is 0.0620 e. The number of nitrogens with one attached hydrogen (secondary N) is 3. The summed E-state index contributed by atoms with van der Waals surface area (Å²) in [5.74, 6) is 0. The van der Waals surface area contributed by atoms with E-state index in [4.69, 9.17) is 0 Å². The van der Waals surface area contributed by atoms with Crippen LogP contribution in [-0.2, 0) is 0 Å². The number of nitrogens with zero attached hydrogens (tertiary/aromatic N) is 3. The van der Waals surface area contributed by atoms with Crippen LogP contribution in [0.15, 0.2) is 419 Å². The van der Waals surface area contributed by atoms with E-state index in [9.17, 15) is 0 Å². The molecule has 6 heteroatoms. The number of hydrogen-bond acceptors (Lipinski definition) is 0. The van der Waals surface area contributed by atoms with Crippen LogP contribution in [0, 0.1) is 0 Å². The Bertz CT molecular complexity index is 8550. The molecule has 6 nitrogen and oxygen atoms in total. The summed E-state index contributed by atoms with van der Waals surface area (Å²) < 4.78 is 7.33. The molecule has 0 bridgehead atoms. The summed E-state index contributed by atoms with van der Waals surface area (Å²) in [7, 11) is 0. The molecule has 118 heavy (non-hydrogen) atoms. The molecule has 0 saturated carbocycles. The van der Waals surface area contributed by atoms with Crippen LogP contribution in [0.4, 0.5) is 0 Å². The van der Waals surface area contributed by atoms with Crippen LogP contribution in [0.1, 0.15) is 0 Å². The molecular formula is C112H72N6. The van der Waals surface area contributed by atoms with Crippen molar-refractivity contribution < 1.29 is 0 Å². The van der Waals surface area contributed by atoms with E-state index in [0.717, 1.165) is 0 Å². The molecule has 0 fully saturated rings. The molecule has 3 N–H and O–H groups in total. The van der Waals surface area contributed by atoms with Crippen molar-refractivity contribution in [2.75, 3.05) is 0 Å². The first-order valence-corrected chi connectivity index (χ1v) is 40.6. The lowest BCUT2D eigenvalue weighted by molar-refractivity contribution is 1.19. The van der Waals surface area contributed by atoms with Gasteiger partial charge in [-0.15, -0.1) is 0 Å². The summed E-state index contributed by atoms with van der Waals surface area (Å²) in [6, 6.07) is 152. The average molecular weight is 1500 g/mol. The Balaban J connectivity index is 0.000000101. The molecule has 6 aromatic heterocycles. The molecule has 6 heterocycles. The fourth-order valence-electron chi connectivity index (χ4n) is 19.4. The van der Waals surface area contributed by atoms with Crippen molar-refractivity contribution in [2.24, 2.45) is 0 Å². The van der Waals surface area contributed by atoms with Crippen molar-refractivity contribution in [1.82, 2.24) is 28.7 Å². The van der Waals surface area contributed by atoms with Gasteiger partial charge in [0.15, 0.2) is 0 Å². The van der Waals surface area contributed by atoms with Gasteiger partial charge >= 0.3 is 0 Å². The van der Waals surface area contributed by atoms with Gasteiger partial charge in [-0.3, -0.25) is 0 Å². The molecule has 26 rings (SSSR count). The van der Waals surface area contributed by atoms with Crippen LogP contribution >= 0.6 is 0 Å². The number of aromatic amines is 3. The SMILES string of the molecule is c1ccc(-c2ccc(-n3c4ccccc4c4cc(-c5ccc6[nH]c7ccccc7c6c5)c5ccccc5c43)cc2)cc1.c1ccc(-n2c3ccccc3c3cc(-c4ccc5[nH]c6ccccc6c5c4)c4ccccc4c32)cc1.c1ccc2c(-n3c4ccccc4c4cc(-c5ccc6[nH]c7ccccc7c6c5)c5ccccc5c43)cccc2c1. The first-order valence-electron chi connectivity index (χ1n) is 40.6. The largest absolute Gasteiger partial charge is 0.355 e. The van der Waals surface area contributed by atoms with Gasteiger partial charge in [-0.1, -0.05) is 297 Å². The number of para-hydroxylation sites is 7. The predicted octanol–water partition coefficient (Wildman–Crippen LogP) is 30.5. The fraction of sp³-hybridized carbons (Fsp3) is 0. The maximum atomic E-state index is 3.58. The van der Waals surface area contributed by atoms with Crippen molar-refractivity contribution in [3.05, 3.63) is 419 Å². The summed E-state index contributed by atoms with van der Waals surface area (Å²) in [6.45, 7) is 0. The number of hydrogen-bond donors (Lipinski definition) is 3. The highest BCUT2D eigenvalue weighted by atomic mass is 15.0. The van der Waals surface area contributed by atoms with Gasteiger partial charge in [0.2, 0.25) is 0 Å². The summed E-state index contributed by atoms with van der Waals surface area (Å²) in [4.78, 5) is 10.7. The molecule has 0 saturated heterocycles. The first kappa shape index (κ1) is 66.8. The van der Waals surface area contributed by atoms with Gasteiger partial charge in [-0.05, 0) is 187 Å². The van der Waals surface area contributed by atoms with Crippen LogP contribution in [-0.4, -0.2) is 28.7 Å². The summed E-state index contributed by atoms with van der Waals surface area (Å²) >= 11 is 0. The van der Waals surface area contributed by atoms with Gasteiger partial charge in [-0.2, -0.15) is 0 Å². The lowest BCUT2D eigenvalue weighted by atomic mass is 9.94. The van der Waals surface area contributed by atoms with E-state index in [0.29, 0.717) is 0 Å². The van der Waals surface area contributed by atoms with Crippen LogP contribution < -0.4 is 0 Å².